The van der Waals surface area contributed by atoms with Gasteiger partial charge in [0, 0.05) is 35.7 Å². The lowest BCUT2D eigenvalue weighted by Crippen LogP contribution is -2.48. The number of amides is 4. The van der Waals surface area contributed by atoms with Crippen molar-refractivity contribution in [1.29, 1.82) is 15.8 Å². The van der Waals surface area contributed by atoms with Crippen molar-refractivity contribution in [1.82, 2.24) is 29.3 Å². The van der Waals surface area contributed by atoms with Gasteiger partial charge in [-0.15, -0.1) is 23.2 Å². The van der Waals surface area contributed by atoms with Crippen LogP contribution in [0.15, 0.2) is 91.8 Å². The molecule has 6 aromatic rings. The third kappa shape index (κ3) is 19.4. The van der Waals surface area contributed by atoms with Crippen molar-refractivity contribution < 1.29 is 78.4 Å². The molecule has 0 bridgehead atoms. The molecule has 448 valence electrons. The lowest BCUT2D eigenvalue weighted by atomic mass is 10.0. The Hall–Kier alpha value is -9.42. The van der Waals surface area contributed by atoms with E-state index in [1.165, 1.54) is 83.3 Å². The van der Waals surface area contributed by atoms with E-state index in [1.807, 2.05) is 0 Å². The predicted molar refractivity (Wildman–Crippen MR) is 282 cm³/mol. The Balaban J connectivity index is 0.000000329. The Morgan fingerprint density at radius 3 is 1.21 bits per heavy atom. The number of aromatic nitrogens is 6. The summed E-state index contributed by atoms with van der Waals surface area (Å²) in [4.78, 5) is 60.2. The van der Waals surface area contributed by atoms with E-state index in [0.29, 0.717) is 29.6 Å². The van der Waals surface area contributed by atoms with Gasteiger partial charge < -0.3 is 47.7 Å². The fourth-order valence-corrected chi connectivity index (χ4v) is 6.93. The highest BCUT2D eigenvalue weighted by atomic mass is 35.5. The zero-order chi connectivity index (χ0) is 62.5. The maximum Gasteiger partial charge on any atom is 0.417 e. The molecule has 84 heavy (non-hydrogen) atoms. The molecular formula is C50H48Cl2F9N15O8. The van der Waals surface area contributed by atoms with Crippen LogP contribution in [0.3, 0.4) is 0 Å². The molecule has 0 aliphatic rings. The molecule has 3 heterocycles. The molecule has 0 aliphatic heterocycles. The van der Waals surface area contributed by atoms with Gasteiger partial charge in [0.05, 0.1) is 107 Å². The zero-order valence-electron chi connectivity index (χ0n) is 42.9. The van der Waals surface area contributed by atoms with Gasteiger partial charge in [0.15, 0.2) is 11.2 Å². The van der Waals surface area contributed by atoms with Gasteiger partial charge >= 0.3 is 24.5 Å². The van der Waals surface area contributed by atoms with Crippen molar-refractivity contribution >= 4 is 86.9 Å². The standard InChI is InChI=1S/2C17H15ClF3N5O3.C15H14F3N5O2.CH4/c1-16(29-14(27)5-18,9-26-8-11(23)7-24-26)15(28)25-12-3-2-10(6-22)13(4-12)17(19,20)21;1-16(29,9-26-8-12(7-23-26)24-14(27)5-18)15(28)25-11-3-2-10(6-22)13(4-11)17(19,20)21;1-14(25,8-23-7-10(20)6-21-23)13(24)22-11-3-2-9(5-19)12(4-11)15(16,17)18;/h2-4,7-8H,5,9,23H2,1H3,(H,25,28);2-4,7-8,29H,5,9H2,1H3,(H,24,27)(H,25,28);2-4,6-7,25H,8,20H2,1H3,(H,22,24);1H4/t2*16-;14-;/m000./s1. The average molecular weight is 1230 g/mol. The SMILES string of the molecule is C.C[C@@](Cn1cc(N)cn1)(OC(=O)CCl)C(=O)Nc1ccc(C#N)c(C(F)(F)F)c1.C[C@](O)(Cn1cc(N)cn1)C(=O)Nc1ccc(C#N)c(C(F)(F)F)c1.C[C@](O)(Cn1cc(NC(=O)CCl)cn1)C(=O)Nc1ccc(C#N)c(C(F)(F)F)c1. The van der Waals surface area contributed by atoms with Crippen LogP contribution < -0.4 is 32.7 Å². The van der Waals surface area contributed by atoms with E-state index in [0.717, 1.165) is 43.3 Å². The number of esters is 1. The first-order chi connectivity index (χ1) is 38.5. The van der Waals surface area contributed by atoms with Crippen molar-refractivity contribution in [3.8, 4) is 18.2 Å². The molecule has 10 N–H and O–H groups in total. The third-order valence-corrected chi connectivity index (χ3v) is 11.2. The van der Waals surface area contributed by atoms with Crippen LogP contribution in [0.25, 0.3) is 0 Å². The van der Waals surface area contributed by atoms with E-state index in [2.05, 4.69) is 36.6 Å². The van der Waals surface area contributed by atoms with Crippen LogP contribution in [0, 0.1) is 34.0 Å². The Kier molecular flexibility index (Phi) is 23.0. The summed E-state index contributed by atoms with van der Waals surface area (Å²) in [5.74, 6) is -5.05. The monoisotopic (exact) mass is 1230 g/mol. The molecular weight excluding hydrogens is 1180 g/mol. The lowest BCUT2D eigenvalue weighted by Gasteiger charge is -2.28. The van der Waals surface area contributed by atoms with Crippen LogP contribution >= 0.6 is 23.2 Å². The second-order valence-electron chi connectivity index (χ2n) is 17.9. The van der Waals surface area contributed by atoms with Crippen molar-refractivity contribution in [2.24, 2.45) is 0 Å². The van der Waals surface area contributed by atoms with Crippen LogP contribution in [-0.2, 0) is 66.9 Å². The van der Waals surface area contributed by atoms with E-state index in [1.54, 1.807) is 0 Å². The first kappa shape index (κ1) is 68.9. The van der Waals surface area contributed by atoms with Gasteiger partial charge in [-0.05, 0) is 75.4 Å². The number of nitrogen functional groups attached to an aromatic ring is 2. The normalized spacial score (nSPS) is 13.2. The van der Waals surface area contributed by atoms with Gasteiger partial charge in [0.25, 0.3) is 17.7 Å². The summed E-state index contributed by atoms with van der Waals surface area (Å²) in [5.41, 5.74) is 0.0642. The molecule has 3 aromatic heterocycles. The topological polar surface area (TPSA) is 360 Å². The van der Waals surface area contributed by atoms with Gasteiger partial charge in [0.2, 0.25) is 11.5 Å². The third-order valence-electron chi connectivity index (χ3n) is 10.8. The number of hydrogen-bond donors (Lipinski definition) is 8. The minimum absolute atomic E-state index is 0. The summed E-state index contributed by atoms with van der Waals surface area (Å²) < 4.78 is 126. The van der Waals surface area contributed by atoms with Gasteiger partial charge in [0.1, 0.15) is 11.8 Å². The second kappa shape index (κ2) is 28.0. The number of carbonyl (C=O) groups excluding carboxylic acids is 5. The summed E-state index contributed by atoms with van der Waals surface area (Å²) >= 11 is 10.8. The number of nitrogens with zero attached hydrogens (tertiary/aromatic N) is 9. The fourth-order valence-electron chi connectivity index (χ4n) is 6.81. The molecule has 0 spiro atoms. The number of carbonyl (C=O) groups is 5. The smallest absolute Gasteiger partial charge is 0.417 e. The fraction of sp³-hybridized carbons (Fsp3) is 0.300. The minimum Gasteiger partial charge on any atom is -0.446 e. The summed E-state index contributed by atoms with van der Waals surface area (Å²) in [5, 5.41) is 67.7. The summed E-state index contributed by atoms with van der Waals surface area (Å²) in [6.45, 7) is 2.71. The number of rotatable bonds is 16. The quantitative estimate of drug-likeness (QED) is 0.0268. The van der Waals surface area contributed by atoms with Gasteiger partial charge in [-0.1, -0.05) is 7.43 Å². The molecule has 4 amide bonds. The number of ether oxygens (including phenoxy) is 1. The van der Waals surface area contributed by atoms with Crippen LogP contribution in [-0.4, -0.2) is 97.7 Å². The highest BCUT2D eigenvalue weighted by Crippen LogP contribution is 2.36. The predicted octanol–water partition coefficient (Wildman–Crippen LogP) is 7.26. The number of halogens is 11. The largest absolute Gasteiger partial charge is 0.446 e. The Labute approximate surface area is 480 Å². The Bertz CT molecular complexity index is 3490. The highest BCUT2D eigenvalue weighted by molar-refractivity contribution is 6.29. The number of nitrogens with one attached hydrogen (secondary N) is 4. The molecule has 3 aromatic carbocycles. The van der Waals surface area contributed by atoms with E-state index in [9.17, 15) is 73.7 Å². The average Bonchev–Trinajstić information content (AvgIpc) is 4.28. The number of hydrogen-bond acceptors (Lipinski definition) is 16. The van der Waals surface area contributed by atoms with Crippen molar-refractivity contribution in [2.45, 2.75) is 83.2 Å². The minimum atomic E-state index is -4.80. The maximum absolute atomic E-state index is 13.1. The van der Waals surface area contributed by atoms with Gasteiger partial charge in [-0.25, -0.2) is 0 Å². The van der Waals surface area contributed by atoms with Crippen molar-refractivity contribution in [3.63, 3.8) is 0 Å². The number of nitrogens with two attached hydrogens (primary N) is 2. The molecule has 3 atom stereocenters. The molecule has 6 rings (SSSR count). The molecule has 0 aliphatic carbocycles. The van der Waals surface area contributed by atoms with Crippen LogP contribution in [0.5, 0.6) is 0 Å². The lowest BCUT2D eigenvalue weighted by molar-refractivity contribution is -0.163. The number of alkyl halides is 11. The number of aliphatic hydroxyl groups is 2. The molecule has 0 radical (unpaired) electrons. The van der Waals surface area contributed by atoms with E-state index in [-0.39, 0.29) is 55.7 Å². The van der Waals surface area contributed by atoms with E-state index >= 15 is 0 Å². The summed E-state index contributed by atoms with van der Waals surface area (Å²) in [7, 11) is 0. The van der Waals surface area contributed by atoms with Crippen LogP contribution in [0.1, 0.15) is 61.6 Å². The zero-order valence-corrected chi connectivity index (χ0v) is 44.4. The van der Waals surface area contributed by atoms with E-state index in [4.69, 9.17) is 55.2 Å². The highest BCUT2D eigenvalue weighted by Gasteiger charge is 2.41. The summed E-state index contributed by atoms with van der Waals surface area (Å²) in [6.07, 6.45) is -6.32. The second-order valence-corrected chi connectivity index (χ2v) is 18.4. The molecule has 0 saturated heterocycles. The van der Waals surface area contributed by atoms with E-state index < -0.39 is 104 Å². The van der Waals surface area contributed by atoms with Gasteiger partial charge in [-0.3, -0.25) is 38.0 Å². The van der Waals surface area contributed by atoms with Crippen LogP contribution in [0.4, 0.5) is 73.6 Å². The Morgan fingerprint density at radius 2 is 0.893 bits per heavy atom. The van der Waals surface area contributed by atoms with Gasteiger partial charge in [-0.2, -0.15) is 70.6 Å². The first-order valence-electron chi connectivity index (χ1n) is 22.9. The Morgan fingerprint density at radius 1 is 0.548 bits per heavy atom. The number of nitriles is 3. The number of benzene rings is 3. The maximum atomic E-state index is 13.1. The van der Waals surface area contributed by atoms with Crippen molar-refractivity contribution in [2.75, 3.05) is 44.5 Å². The number of anilines is 6. The van der Waals surface area contributed by atoms with Crippen LogP contribution in [0.2, 0.25) is 0 Å². The van der Waals surface area contributed by atoms with Crippen molar-refractivity contribution in [3.05, 3.63) is 125 Å². The molecule has 0 fully saturated rings. The molecule has 34 heteroatoms. The molecule has 0 unspecified atom stereocenters. The molecule has 23 nitrogen and oxygen atoms in total. The summed E-state index contributed by atoms with van der Waals surface area (Å²) in [6, 6.07) is 12.4. The first-order valence-corrected chi connectivity index (χ1v) is 24.0. The molecule has 0 saturated carbocycles.